The molecule has 6 atom stereocenters. The van der Waals surface area contributed by atoms with E-state index in [0.29, 0.717) is 13.1 Å². The normalized spacial score (nSPS) is 25.7. The number of nitrogens with zero attached hydrogens (tertiary/aromatic N) is 5. The van der Waals surface area contributed by atoms with E-state index >= 15 is 0 Å². The SMILES string of the molecule is [B]C1CN(C)CC(COP(=O)(N(C)C)N(C)CCC(OC(=O)N2CC([B])OC(COC)C2)c2ccccc2[N+](=O)[O-])O1. The van der Waals surface area contributed by atoms with E-state index in [1.165, 1.54) is 39.5 Å². The molecule has 1 amide bonds. The van der Waals surface area contributed by atoms with Crippen LogP contribution in [-0.2, 0) is 28.0 Å². The quantitative estimate of drug-likeness (QED) is 0.139. The van der Waals surface area contributed by atoms with Crippen molar-refractivity contribution < 1.29 is 37.8 Å². The number of methoxy groups -OCH3 is 1. The Hall–Kier alpha value is -2.03. The lowest BCUT2D eigenvalue weighted by atomic mass is 9.97. The van der Waals surface area contributed by atoms with Gasteiger partial charge in [-0.05, 0) is 34.3 Å². The molecule has 0 aliphatic carbocycles. The summed E-state index contributed by atoms with van der Waals surface area (Å²) in [5.74, 6) is 0. The minimum Gasteiger partial charge on any atom is -0.441 e. The first-order valence-corrected chi connectivity index (χ1v) is 15.2. The van der Waals surface area contributed by atoms with Gasteiger partial charge in [0.2, 0.25) is 0 Å². The molecular formula is C25H40B2N5O9P. The lowest BCUT2D eigenvalue weighted by Gasteiger charge is -2.38. The van der Waals surface area contributed by atoms with Gasteiger partial charge >= 0.3 is 13.8 Å². The number of rotatable bonds is 13. The van der Waals surface area contributed by atoms with E-state index in [2.05, 4.69) is 0 Å². The molecule has 1 aromatic carbocycles. The molecule has 0 bridgehead atoms. The highest BCUT2D eigenvalue weighted by Crippen LogP contribution is 2.52. The van der Waals surface area contributed by atoms with E-state index < -0.39 is 42.9 Å². The third-order valence-corrected chi connectivity index (χ3v) is 9.54. The van der Waals surface area contributed by atoms with Gasteiger partial charge in [0.15, 0.2) is 0 Å². The fourth-order valence-electron chi connectivity index (χ4n) is 4.98. The number of amides is 1. The third-order valence-electron chi connectivity index (χ3n) is 6.98. The molecule has 1 aromatic rings. The maximum atomic E-state index is 14.0. The molecule has 0 aromatic heterocycles. The third kappa shape index (κ3) is 9.23. The Kier molecular flexibility index (Phi) is 12.8. The number of carbonyl (C=O) groups excluding carboxylic acids is 1. The molecule has 6 unspecified atom stereocenters. The van der Waals surface area contributed by atoms with Crippen LogP contribution in [0.25, 0.3) is 0 Å². The van der Waals surface area contributed by atoms with Crippen LogP contribution in [0.4, 0.5) is 10.5 Å². The molecule has 2 fully saturated rings. The monoisotopic (exact) mass is 607 g/mol. The number of likely N-dealkylation sites (N-methyl/N-ethyl adjacent to an activating group) is 1. The van der Waals surface area contributed by atoms with Crippen molar-refractivity contribution in [3.05, 3.63) is 39.9 Å². The van der Waals surface area contributed by atoms with Gasteiger partial charge in [-0.2, -0.15) is 0 Å². The number of hydrogen-bond acceptors (Lipinski definition) is 10. The van der Waals surface area contributed by atoms with Crippen molar-refractivity contribution in [3.63, 3.8) is 0 Å². The summed E-state index contributed by atoms with van der Waals surface area (Å²) in [6.07, 6.45) is -2.48. The summed E-state index contributed by atoms with van der Waals surface area (Å²) in [5, 5.41) is 11.8. The minimum absolute atomic E-state index is 0.0420. The van der Waals surface area contributed by atoms with E-state index in [1.807, 2.05) is 11.9 Å². The zero-order valence-corrected chi connectivity index (χ0v) is 25.8. The second-order valence-corrected chi connectivity index (χ2v) is 13.4. The summed E-state index contributed by atoms with van der Waals surface area (Å²) in [6, 6.07) is 4.83. The Bertz CT molecular complexity index is 1100. The maximum Gasteiger partial charge on any atom is 0.410 e. The van der Waals surface area contributed by atoms with Crippen LogP contribution in [0.2, 0.25) is 0 Å². The second kappa shape index (κ2) is 15.6. The van der Waals surface area contributed by atoms with Gasteiger partial charge in [0.05, 0.1) is 42.5 Å². The van der Waals surface area contributed by atoms with Gasteiger partial charge in [-0.3, -0.25) is 14.7 Å². The van der Waals surface area contributed by atoms with Crippen LogP contribution in [0.5, 0.6) is 0 Å². The molecule has 0 saturated carbocycles. The number of ether oxygens (including phenoxy) is 4. The molecule has 2 aliphatic rings. The maximum absolute atomic E-state index is 14.0. The molecule has 2 heterocycles. The first kappa shape index (κ1) is 34.5. The molecule has 14 nitrogen and oxygen atoms in total. The van der Waals surface area contributed by atoms with Crippen LogP contribution in [0.15, 0.2) is 24.3 Å². The number of hydrogen-bond donors (Lipinski definition) is 0. The standard InChI is InChI=1S/C25H40B2N5O9P/c1-28(2)42(36,38-17-18-12-29(3)14-23(26)39-18)30(4)11-10-22(20-8-6-7-9-21(20)32(34)35)41-25(33)31-13-19(16-37-5)40-24(27)15-31/h6-9,18-19,22-24H,10-17H2,1-5H3. The number of benzene rings is 1. The number of nitro groups is 1. The number of morpholine rings is 2. The predicted octanol–water partition coefficient (Wildman–Crippen LogP) is 1.45. The topological polar surface area (TPSA) is 136 Å². The Morgan fingerprint density at radius 1 is 1.12 bits per heavy atom. The van der Waals surface area contributed by atoms with Crippen molar-refractivity contribution in [2.75, 3.05) is 81.2 Å². The largest absolute Gasteiger partial charge is 0.441 e. The fraction of sp³-hybridized carbons (Fsp3) is 0.720. The number of carbonyl (C=O) groups is 1. The zero-order chi connectivity index (χ0) is 31.0. The zero-order valence-electron chi connectivity index (χ0n) is 24.9. The first-order valence-electron chi connectivity index (χ1n) is 13.7. The predicted molar refractivity (Wildman–Crippen MR) is 157 cm³/mol. The summed E-state index contributed by atoms with van der Waals surface area (Å²) in [5.41, 5.74) is 0.0133. The Balaban J connectivity index is 1.76. The van der Waals surface area contributed by atoms with Crippen LogP contribution < -0.4 is 0 Å². The Morgan fingerprint density at radius 3 is 2.38 bits per heavy atom. The molecule has 0 spiro atoms. The summed E-state index contributed by atoms with van der Waals surface area (Å²) in [6.45, 7) is 1.78. The summed E-state index contributed by atoms with van der Waals surface area (Å²) in [4.78, 5) is 28.0. The molecule has 17 heteroatoms. The number of para-hydroxylation sites is 1. The van der Waals surface area contributed by atoms with E-state index in [0.717, 1.165) is 0 Å². The van der Waals surface area contributed by atoms with Crippen molar-refractivity contribution in [1.82, 2.24) is 19.1 Å². The van der Waals surface area contributed by atoms with Crippen molar-refractivity contribution in [2.45, 2.75) is 36.7 Å². The van der Waals surface area contributed by atoms with Crippen LogP contribution in [0.3, 0.4) is 0 Å². The van der Waals surface area contributed by atoms with Gasteiger partial charge in [0.1, 0.15) is 21.8 Å². The van der Waals surface area contributed by atoms with E-state index in [4.69, 9.17) is 39.2 Å². The molecule has 2 aliphatic heterocycles. The highest BCUT2D eigenvalue weighted by atomic mass is 31.2. The van der Waals surface area contributed by atoms with Crippen LogP contribution in [0, 0.1) is 10.1 Å². The smallest absolute Gasteiger partial charge is 0.410 e. The van der Waals surface area contributed by atoms with Gasteiger partial charge < -0.3 is 33.3 Å². The summed E-state index contributed by atoms with van der Waals surface area (Å²) < 4.78 is 45.3. The van der Waals surface area contributed by atoms with Crippen LogP contribution in [-0.4, -0.2) is 151 Å². The molecule has 42 heavy (non-hydrogen) atoms. The Morgan fingerprint density at radius 2 is 1.76 bits per heavy atom. The lowest BCUT2D eigenvalue weighted by molar-refractivity contribution is -0.386. The highest BCUT2D eigenvalue weighted by molar-refractivity contribution is 7.53. The van der Waals surface area contributed by atoms with Crippen molar-refractivity contribution in [1.29, 1.82) is 0 Å². The van der Waals surface area contributed by atoms with Gasteiger partial charge in [0.25, 0.3) is 5.69 Å². The number of nitro benzene ring substituents is 1. The molecule has 2 saturated heterocycles. The van der Waals surface area contributed by atoms with Crippen LogP contribution >= 0.6 is 7.67 Å². The van der Waals surface area contributed by atoms with Gasteiger partial charge in [0, 0.05) is 57.8 Å². The lowest BCUT2D eigenvalue weighted by Crippen LogP contribution is -2.51. The van der Waals surface area contributed by atoms with Crippen LogP contribution in [0.1, 0.15) is 18.1 Å². The average molecular weight is 607 g/mol. The Labute approximate surface area is 250 Å². The minimum atomic E-state index is -3.56. The molecule has 3 rings (SSSR count). The van der Waals surface area contributed by atoms with Gasteiger partial charge in [-0.15, -0.1) is 0 Å². The first-order chi connectivity index (χ1) is 19.8. The fourth-order valence-corrected chi connectivity index (χ4v) is 6.75. The second-order valence-electron chi connectivity index (χ2n) is 10.7. The van der Waals surface area contributed by atoms with Gasteiger partial charge in [-0.1, -0.05) is 12.1 Å². The van der Waals surface area contributed by atoms with E-state index in [-0.39, 0.29) is 56.6 Å². The average Bonchev–Trinajstić information content (AvgIpc) is 2.92. The van der Waals surface area contributed by atoms with E-state index in [9.17, 15) is 19.5 Å². The molecule has 0 N–H and O–H groups in total. The molecule has 230 valence electrons. The molecular weight excluding hydrogens is 567 g/mol. The highest BCUT2D eigenvalue weighted by Gasteiger charge is 2.37. The van der Waals surface area contributed by atoms with E-state index in [1.54, 1.807) is 27.2 Å². The van der Waals surface area contributed by atoms with Crippen molar-refractivity contribution in [3.8, 4) is 0 Å². The molecule has 4 radical (unpaired) electrons. The summed E-state index contributed by atoms with van der Waals surface area (Å²) in [7, 11) is 16.7. The van der Waals surface area contributed by atoms with Gasteiger partial charge in [-0.25, -0.2) is 14.1 Å². The summed E-state index contributed by atoms with van der Waals surface area (Å²) >= 11 is 0. The van der Waals surface area contributed by atoms with Crippen molar-refractivity contribution >= 4 is 35.1 Å². The van der Waals surface area contributed by atoms with Crippen molar-refractivity contribution in [2.24, 2.45) is 0 Å².